The zero-order valence-electron chi connectivity index (χ0n) is 11.4. The first kappa shape index (κ1) is 14.9. The van der Waals surface area contributed by atoms with Crippen LogP contribution in [-0.2, 0) is 15.1 Å². The highest BCUT2D eigenvalue weighted by Gasteiger charge is 2.38. The minimum atomic E-state index is -1.59. The molecule has 0 saturated heterocycles. The molecule has 6 heteroatoms. The number of nitrogens with one attached hydrogen (secondary N) is 1. The van der Waals surface area contributed by atoms with E-state index in [9.17, 15) is 14.7 Å². The molecule has 1 aromatic heterocycles. The molecule has 0 saturated carbocycles. The smallest absolute Gasteiger partial charge is 0.408 e. The minimum absolute atomic E-state index is 0.369. The molecule has 1 rings (SSSR count). The Hall–Kier alpha value is -2.11. The van der Waals surface area contributed by atoms with Crippen LogP contribution in [0.2, 0.25) is 0 Å². The molecule has 2 N–H and O–H groups in total. The van der Waals surface area contributed by atoms with E-state index in [1.807, 2.05) is 0 Å². The number of carboxylic acids is 1. The van der Waals surface area contributed by atoms with Crippen molar-refractivity contribution in [1.82, 2.24) is 10.3 Å². The van der Waals surface area contributed by atoms with Crippen molar-refractivity contribution in [2.45, 2.75) is 38.8 Å². The van der Waals surface area contributed by atoms with Crippen LogP contribution in [-0.4, -0.2) is 27.8 Å². The summed E-state index contributed by atoms with van der Waals surface area (Å²) >= 11 is 0. The predicted molar refractivity (Wildman–Crippen MR) is 68.6 cm³/mol. The molecule has 19 heavy (non-hydrogen) atoms. The van der Waals surface area contributed by atoms with Crippen molar-refractivity contribution in [3.8, 4) is 0 Å². The second kappa shape index (κ2) is 5.26. The molecule has 0 aliphatic heterocycles. The van der Waals surface area contributed by atoms with E-state index in [0.717, 1.165) is 0 Å². The zero-order chi connectivity index (χ0) is 14.7. The number of alkyl carbamates (subject to hydrolysis) is 1. The van der Waals surface area contributed by atoms with Crippen LogP contribution in [0.1, 0.15) is 33.3 Å². The molecule has 6 nitrogen and oxygen atoms in total. The van der Waals surface area contributed by atoms with Crippen molar-refractivity contribution < 1.29 is 19.4 Å². The van der Waals surface area contributed by atoms with Gasteiger partial charge in [-0.3, -0.25) is 4.98 Å². The van der Waals surface area contributed by atoms with E-state index in [0.29, 0.717) is 5.56 Å². The molecule has 0 aromatic carbocycles. The third kappa shape index (κ3) is 3.94. The number of rotatable bonds is 3. The third-order valence-corrected chi connectivity index (χ3v) is 2.42. The lowest BCUT2D eigenvalue weighted by atomic mass is 9.94. The van der Waals surface area contributed by atoms with Gasteiger partial charge in [0.2, 0.25) is 0 Å². The molecular weight excluding hydrogens is 248 g/mol. The summed E-state index contributed by atoms with van der Waals surface area (Å²) in [6, 6.07) is 3.19. The van der Waals surface area contributed by atoms with Crippen molar-refractivity contribution in [3.63, 3.8) is 0 Å². The van der Waals surface area contributed by atoms with E-state index < -0.39 is 23.2 Å². The molecule has 1 atom stereocenters. The molecule has 1 heterocycles. The summed E-state index contributed by atoms with van der Waals surface area (Å²) in [4.78, 5) is 27.0. The number of carboxylic acid groups (broad SMARTS) is 1. The fourth-order valence-electron chi connectivity index (χ4n) is 1.42. The summed E-state index contributed by atoms with van der Waals surface area (Å²) in [5.41, 5.74) is -1.91. The maximum Gasteiger partial charge on any atom is 0.408 e. The van der Waals surface area contributed by atoms with Crippen LogP contribution in [0.15, 0.2) is 24.5 Å². The van der Waals surface area contributed by atoms with Crippen molar-refractivity contribution in [3.05, 3.63) is 30.1 Å². The van der Waals surface area contributed by atoms with Crippen LogP contribution in [0, 0.1) is 0 Å². The first-order chi connectivity index (χ1) is 8.65. The van der Waals surface area contributed by atoms with Crippen LogP contribution >= 0.6 is 0 Å². The number of aliphatic carboxylic acids is 1. The van der Waals surface area contributed by atoms with Gasteiger partial charge in [0, 0.05) is 18.0 Å². The summed E-state index contributed by atoms with van der Waals surface area (Å²) in [5.74, 6) is -1.19. The van der Waals surface area contributed by atoms with Gasteiger partial charge in [0.05, 0.1) is 0 Å². The van der Waals surface area contributed by atoms with Crippen molar-refractivity contribution >= 4 is 12.1 Å². The Labute approximate surface area is 111 Å². The summed E-state index contributed by atoms with van der Waals surface area (Å²) in [6.07, 6.45) is 2.13. The summed E-state index contributed by atoms with van der Waals surface area (Å²) in [5, 5.41) is 11.7. The average Bonchev–Trinajstić information content (AvgIpc) is 2.27. The standard InChI is InChI=1S/C13H18N2O4/c1-12(2,3)19-11(18)15-13(4,10(16)17)9-6-5-7-14-8-9/h5-8H,1-4H3,(H,15,18)(H,16,17)/t13-/m0/s1. The SMILES string of the molecule is CC(C)(C)OC(=O)N[C@](C)(C(=O)O)c1cccnc1. The molecule has 0 bridgehead atoms. The van der Waals surface area contributed by atoms with E-state index in [1.165, 1.54) is 19.3 Å². The van der Waals surface area contributed by atoms with Crippen LogP contribution in [0.4, 0.5) is 4.79 Å². The maximum absolute atomic E-state index is 11.7. The van der Waals surface area contributed by atoms with E-state index in [-0.39, 0.29) is 0 Å². The lowest BCUT2D eigenvalue weighted by Crippen LogP contribution is -2.51. The van der Waals surface area contributed by atoms with Crippen molar-refractivity contribution in [2.24, 2.45) is 0 Å². The Bertz CT molecular complexity index is 467. The van der Waals surface area contributed by atoms with Gasteiger partial charge in [-0.1, -0.05) is 6.07 Å². The molecule has 104 valence electrons. The Kier molecular flexibility index (Phi) is 4.14. The Morgan fingerprint density at radius 3 is 2.37 bits per heavy atom. The molecule has 0 unspecified atom stereocenters. The topological polar surface area (TPSA) is 88.5 Å². The number of hydrogen-bond acceptors (Lipinski definition) is 4. The van der Waals surface area contributed by atoms with Gasteiger partial charge in [0.25, 0.3) is 0 Å². The summed E-state index contributed by atoms with van der Waals surface area (Å²) in [7, 11) is 0. The second-order valence-corrected chi connectivity index (χ2v) is 5.30. The van der Waals surface area contributed by atoms with Crippen molar-refractivity contribution in [1.29, 1.82) is 0 Å². The van der Waals surface area contributed by atoms with Crippen LogP contribution in [0.5, 0.6) is 0 Å². The van der Waals surface area contributed by atoms with Crippen LogP contribution in [0.3, 0.4) is 0 Å². The number of carbonyl (C=O) groups excluding carboxylic acids is 1. The van der Waals surface area contributed by atoms with Gasteiger partial charge in [-0.05, 0) is 33.8 Å². The van der Waals surface area contributed by atoms with Gasteiger partial charge in [0.1, 0.15) is 5.60 Å². The van der Waals surface area contributed by atoms with E-state index in [2.05, 4.69) is 10.3 Å². The third-order valence-electron chi connectivity index (χ3n) is 2.42. The maximum atomic E-state index is 11.7. The fraction of sp³-hybridized carbons (Fsp3) is 0.462. The summed E-state index contributed by atoms with van der Waals surface area (Å²) in [6.45, 7) is 6.49. The lowest BCUT2D eigenvalue weighted by molar-refractivity contribution is -0.144. The van der Waals surface area contributed by atoms with Crippen LogP contribution in [0.25, 0.3) is 0 Å². The molecule has 0 fully saturated rings. The predicted octanol–water partition coefficient (Wildman–Crippen LogP) is 1.91. The quantitative estimate of drug-likeness (QED) is 0.872. The highest BCUT2D eigenvalue weighted by atomic mass is 16.6. The second-order valence-electron chi connectivity index (χ2n) is 5.30. The van der Waals surface area contributed by atoms with Gasteiger partial charge in [0.15, 0.2) is 5.54 Å². The monoisotopic (exact) mass is 266 g/mol. The highest BCUT2D eigenvalue weighted by Crippen LogP contribution is 2.21. The first-order valence-electron chi connectivity index (χ1n) is 5.80. The minimum Gasteiger partial charge on any atom is -0.479 e. The van der Waals surface area contributed by atoms with E-state index in [4.69, 9.17) is 4.74 Å². The Morgan fingerprint density at radius 1 is 1.32 bits per heavy atom. The van der Waals surface area contributed by atoms with Crippen LogP contribution < -0.4 is 5.32 Å². The molecule has 0 spiro atoms. The molecule has 1 amide bonds. The molecule has 0 radical (unpaired) electrons. The van der Waals surface area contributed by atoms with Gasteiger partial charge >= 0.3 is 12.1 Å². The normalized spacial score (nSPS) is 14.3. The number of amides is 1. The number of hydrogen-bond donors (Lipinski definition) is 2. The first-order valence-corrected chi connectivity index (χ1v) is 5.80. The molecular formula is C13H18N2O4. The van der Waals surface area contributed by atoms with Gasteiger partial charge in [-0.2, -0.15) is 0 Å². The number of pyridine rings is 1. The lowest BCUT2D eigenvalue weighted by Gasteiger charge is -2.28. The largest absolute Gasteiger partial charge is 0.479 e. The Morgan fingerprint density at radius 2 is 1.95 bits per heavy atom. The molecule has 0 aliphatic rings. The molecule has 1 aromatic rings. The number of ether oxygens (including phenoxy) is 1. The van der Waals surface area contributed by atoms with Gasteiger partial charge < -0.3 is 15.2 Å². The fourth-order valence-corrected chi connectivity index (χ4v) is 1.42. The van der Waals surface area contributed by atoms with E-state index >= 15 is 0 Å². The number of carbonyl (C=O) groups is 2. The Balaban J connectivity index is 2.97. The zero-order valence-corrected chi connectivity index (χ0v) is 11.4. The molecule has 0 aliphatic carbocycles. The van der Waals surface area contributed by atoms with E-state index in [1.54, 1.807) is 32.9 Å². The highest BCUT2D eigenvalue weighted by molar-refractivity contribution is 5.85. The van der Waals surface area contributed by atoms with Gasteiger partial charge in [-0.25, -0.2) is 9.59 Å². The van der Waals surface area contributed by atoms with Crippen molar-refractivity contribution in [2.75, 3.05) is 0 Å². The average molecular weight is 266 g/mol. The number of nitrogens with zero attached hydrogens (tertiary/aromatic N) is 1. The van der Waals surface area contributed by atoms with Gasteiger partial charge in [-0.15, -0.1) is 0 Å². The number of aromatic nitrogens is 1. The summed E-state index contributed by atoms with van der Waals surface area (Å²) < 4.78 is 5.07.